The predicted molar refractivity (Wildman–Crippen MR) is 108 cm³/mol. The van der Waals surface area contributed by atoms with E-state index in [9.17, 15) is 19.7 Å². The fourth-order valence-electron chi connectivity index (χ4n) is 2.50. The number of nitrogens with zero attached hydrogens (tertiary/aromatic N) is 1. The van der Waals surface area contributed by atoms with Crippen LogP contribution in [0.25, 0.3) is 0 Å². The Kier molecular flexibility index (Phi) is 7.30. The highest BCUT2D eigenvalue weighted by molar-refractivity contribution is 5.93. The summed E-state index contributed by atoms with van der Waals surface area (Å²) in [5.74, 6) is -0.374. The minimum atomic E-state index is -0.690. The smallest absolute Gasteiger partial charge is 0.344 e. The molecule has 0 heterocycles. The molecule has 0 aliphatic heterocycles. The van der Waals surface area contributed by atoms with E-state index in [1.54, 1.807) is 6.92 Å². The van der Waals surface area contributed by atoms with E-state index in [1.807, 2.05) is 25.1 Å². The van der Waals surface area contributed by atoms with Gasteiger partial charge in [-0.3, -0.25) is 14.9 Å². The molecule has 0 aliphatic carbocycles. The molecule has 2 rings (SSSR count). The quantitative estimate of drug-likeness (QED) is 0.409. The van der Waals surface area contributed by atoms with E-state index >= 15 is 0 Å². The third kappa shape index (κ3) is 6.31. The summed E-state index contributed by atoms with van der Waals surface area (Å²) < 4.78 is 10.4. The lowest BCUT2D eigenvalue weighted by atomic mass is 10.0. The largest absolute Gasteiger partial charge is 0.482 e. The van der Waals surface area contributed by atoms with Crippen molar-refractivity contribution in [3.05, 3.63) is 63.2 Å². The lowest BCUT2D eigenvalue weighted by Crippen LogP contribution is -2.24. The van der Waals surface area contributed by atoms with Crippen LogP contribution in [-0.4, -0.2) is 30.0 Å². The number of carbonyl (C=O) groups excluding carboxylic acids is 2. The van der Waals surface area contributed by atoms with Crippen LogP contribution in [0.1, 0.15) is 36.5 Å². The van der Waals surface area contributed by atoms with Gasteiger partial charge in [-0.2, -0.15) is 0 Å². The average molecular weight is 400 g/mol. The first-order valence-corrected chi connectivity index (χ1v) is 9.11. The van der Waals surface area contributed by atoms with Crippen molar-refractivity contribution in [2.75, 3.05) is 18.5 Å². The Morgan fingerprint density at radius 1 is 1.07 bits per heavy atom. The van der Waals surface area contributed by atoms with Gasteiger partial charge in [-0.1, -0.05) is 32.0 Å². The number of ether oxygens (including phenoxy) is 2. The van der Waals surface area contributed by atoms with Crippen molar-refractivity contribution in [1.29, 1.82) is 0 Å². The van der Waals surface area contributed by atoms with Gasteiger partial charge in [0, 0.05) is 12.1 Å². The highest BCUT2D eigenvalue weighted by atomic mass is 16.6. The first-order chi connectivity index (χ1) is 13.7. The maximum Gasteiger partial charge on any atom is 0.344 e. The molecule has 154 valence electrons. The van der Waals surface area contributed by atoms with Crippen LogP contribution in [0.2, 0.25) is 0 Å². The van der Waals surface area contributed by atoms with E-state index in [0.717, 1.165) is 11.1 Å². The lowest BCUT2D eigenvalue weighted by Gasteiger charge is -2.13. The van der Waals surface area contributed by atoms with Crippen LogP contribution >= 0.6 is 0 Å². The summed E-state index contributed by atoms with van der Waals surface area (Å²) >= 11 is 0. The van der Waals surface area contributed by atoms with Crippen molar-refractivity contribution in [2.45, 2.75) is 33.6 Å². The summed E-state index contributed by atoms with van der Waals surface area (Å²) in [7, 11) is 0. The molecule has 0 saturated heterocycles. The Balaban J connectivity index is 1.87. The van der Waals surface area contributed by atoms with Crippen molar-refractivity contribution in [3.8, 4) is 5.75 Å². The number of carbonyl (C=O) groups is 2. The van der Waals surface area contributed by atoms with Crippen molar-refractivity contribution in [1.82, 2.24) is 0 Å². The summed E-state index contributed by atoms with van der Waals surface area (Å²) in [6.45, 7) is 6.85. The summed E-state index contributed by atoms with van der Waals surface area (Å²) in [5.41, 5.74) is 2.78. The normalized spacial score (nSPS) is 10.5. The van der Waals surface area contributed by atoms with Gasteiger partial charge in [0.15, 0.2) is 13.2 Å². The average Bonchev–Trinajstić information content (AvgIpc) is 2.67. The number of nitro benzene ring substituents is 1. The molecule has 0 aliphatic rings. The van der Waals surface area contributed by atoms with Gasteiger partial charge in [-0.05, 0) is 42.5 Å². The third-order valence-corrected chi connectivity index (χ3v) is 4.29. The van der Waals surface area contributed by atoms with Crippen LogP contribution in [-0.2, 0) is 14.3 Å². The van der Waals surface area contributed by atoms with E-state index in [-0.39, 0.29) is 18.0 Å². The number of anilines is 1. The third-order valence-electron chi connectivity index (χ3n) is 4.29. The number of rotatable bonds is 8. The molecule has 0 bridgehead atoms. The summed E-state index contributed by atoms with van der Waals surface area (Å²) in [5, 5.41) is 13.3. The van der Waals surface area contributed by atoms with Crippen LogP contribution < -0.4 is 10.1 Å². The summed E-state index contributed by atoms with van der Waals surface area (Å²) in [6.07, 6.45) is 0. The molecule has 0 aromatic heterocycles. The molecule has 8 heteroatoms. The predicted octanol–water partition coefficient (Wildman–Crippen LogP) is 3.90. The van der Waals surface area contributed by atoms with Gasteiger partial charge in [0.25, 0.3) is 11.6 Å². The minimum Gasteiger partial charge on any atom is -0.482 e. The molecule has 0 spiro atoms. The standard InChI is InChI=1S/C21H24N2O6/c1-13(2)16-7-5-15(4)19(9-16)28-12-21(25)29-11-20(24)22-18-10-17(23(26)27)8-6-14(18)3/h5-10,13H,11-12H2,1-4H3,(H,22,24). The summed E-state index contributed by atoms with van der Waals surface area (Å²) in [4.78, 5) is 34.2. The van der Waals surface area contributed by atoms with Crippen molar-refractivity contribution in [2.24, 2.45) is 0 Å². The number of aryl methyl sites for hydroxylation is 2. The Bertz CT molecular complexity index is 923. The van der Waals surface area contributed by atoms with E-state index in [1.165, 1.54) is 18.2 Å². The molecule has 0 unspecified atom stereocenters. The zero-order valence-corrected chi connectivity index (χ0v) is 16.9. The van der Waals surface area contributed by atoms with E-state index < -0.39 is 23.4 Å². The van der Waals surface area contributed by atoms with Crippen molar-refractivity contribution >= 4 is 23.3 Å². The Labute approximate surface area is 169 Å². The molecule has 0 atom stereocenters. The zero-order chi connectivity index (χ0) is 21.6. The van der Waals surface area contributed by atoms with E-state index in [4.69, 9.17) is 9.47 Å². The van der Waals surface area contributed by atoms with Crippen LogP contribution in [0.15, 0.2) is 36.4 Å². The van der Waals surface area contributed by atoms with E-state index in [0.29, 0.717) is 17.2 Å². The number of hydrogen-bond donors (Lipinski definition) is 1. The number of benzene rings is 2. The fraction of sp³-hybridized carbons (Fsp3) is 0.333. The highest BCUT2D eigenvalue weighted by Gasteiger charge is 2.14. The number of nitro groups is 1. The van der Waals surface area contributed by atoms with Gasteiger partial charge in [0.05, 0.1) is 10.6 Å². The minimum absolute atomic E-state index is 0.143. The number of nitrogens with one attached hydrogen (secondary N) is 1. The van der Waals surface area contributed by atoms with Gasteiger partial charge in [-0.25, -0.2) is 4.79 Å². The second kappa shape index (κ2) is 9.68. The van der Waals surface area contributed by atoms with E-state index in [2.05, 4.69) is 19.2 Å². The molecule has 0 saturated carbocycles. The maximum atomic E-state index is 12.0. The fourth-order valence-corrected chi connectivity index (χ4v) is 2.50. The van der Waals surface area contributed by atoms with Gasteiger partial charge in [0.2, 0.25) is 0 Å². The first kappa shape index (κ1) is 21.9. The number of hydrogen-bond acceptors (Lipinski definition) is 6. The Morgan fingerprint density at radius 3 is 2.41 bits per heavy atom. The number of esters is 1. The topological polar surface area (TPSA) is 108 Å². The highest BCUT2D eigenvalue weighted by Crippen LogP contribution is 2.24. The second-order valence-electron chi connectivity index (χ2n) is 6.93. The molecule has 1 amide bonds. The molecule has 2 aromatic carbocycles. The molecule has 29 heavy (non-hydrogen) atoms. The number of amides is 1. The van der Waals surface area contributed by atoms with Crippen LogP contribution in [0.3, 0.4) is 0 Å². The molecular formula is C21H24N2O6. The Morgan fingerprint density at radius 2 is 1.76 bits per heavy atom. The molecular weight excluding hydrogens is 376 g/mol. The van der Waals surface area contributed by atoms with Crippen LogP contribution in [0.5, 0.6) is 5.75 Å². The molecule has 8 nitrogen and oxygen atoms in total. The zero-order valence-electron chi connectivity index (χ0n) is 16.9. The molecule has 1 N–H and O–H groups in total. The second-order valence-corrected chi connectivity index (χ2v) is 6.93. The maximum absolute atomic E-state index is 12.0. The molecule has 0 fully saturated rings. The number of non-ortho nitro benzene ring substituents is 1. The van der Waals surface area contributed by atoms with Crippen LogP contribution in [0, 0.1) is 24.0 Å². The van der Waals surface area contributed by atoms with Gasteiger partial charge in [0.1, 0.15) is 5.75 Å². The lowest BCUT2D eigenvalue weighted by molar-refractivity contribution is -0.384. The van der Waals surface area contributed by atoms with Gasteiger partial charge in [-0.15, -0.1) is 0 Å². The first-order valence-electron chi connectivity index (χ1n) is 9.11. The van der Waals surface area contributed by atoms with Crippen LogP contribution in [0.4, 0.5) is 11.4 Å². The van der Waals surface area contributed by atoms with Gasteiger partial charge >= 0.3 is 5.97 Å². The monoisotopic (exact) mass is 400 g/mol. The SMILES string of the molecule is Cc1ccc([N+](=O)[O-])cc1NC(=O)COC(=O)COc1cc(C(C)C)ccc1C. The van der Waals surface area contributed by atoms with Gasteiger partial charge < -0.3 is 14.8 Å². The summed E-state index contributed by atoms with van der Waals surface area (Å²) in [6, 6.07) is 9.93. The van der Waals surface area contributed by atoms with Crippen molar-refractivity contribution < 1.29 is 24.0 Å². The Hall–Kier alpha value is -3.42. The molecule has 0 radical (unpaired) electrons. The van der Waals surface area contributed by atoms with Crippen molar-refractivity contribution in [3.63, 3.8) is 0 Å². The molecule has 2 aromatic rings.